The minimum atomic E-state index is 0.787. The summed E-state index contributed by atoms with van der Waals surface area (Å²) < 4.78 is 0. The van der Waals surface area contributed by atoms with Gasteiger partial charge in [0.1, 0.15) is 5.94 Å². The number of allylic oxidation sites excluding steroid dienone is 1. The second kappa shape index (κ2) is 6.42. The van der Waals surface area contributed by atoms with E-state index in [0.717, 1.165) is 30.7 Å². The number of aryl methyl sites for hydroxylation is 1. The molecule has 0 bridgehead atoms. The molecule has 0 aliphatic heterocycles. The molecule has 0 saturated heterocycles. The standard InChI is InChI=1S/C12H13ClO/c13-12-8-5-7-11(10-12)6-3-1-2-4-9-14/h4-5,7-8,10H,1-3,6H2. The van der Waals surface area contributed by atoms with Gasteiger partial charge in [0, 0.05) is 5.02 Å². The number of halogens is 1. The van der Waals surface area contributed by atoms with E-state index < -0.39 is 0 Å². The quantitative estimate of drug-likeness (QED) is 0.535. The van der Waals surface area contributed by atoms with Crippen molar-refractivity contribution in [1.29, 1.82) is 0 Å². The van der Waals surface area contributed by atoms with Crippen LogP contribution in [0.4, 0.5) is 0 Å². The molecule has 74 valence electrons. The lowest BCUT2D eigenvalue weighted by molar-refractivity contribution is 0.567. The van der Waals surface area contributed by atoms with Crippen molar-refractivity contribution in [3.63, 3.8) is 0 Å². The number of carbonyl (C=O) groups excluding carboxylic acids is 1. The summed E-state index contributed by atoms with van der Waals surface area (Å²) in [5, 5.41) is 0.787. The molecule has 0 atom stereocenters. The minimum Gasteiger partial charge on any atom is -0.234 e. The van der Waals surface area contributed by atoms with Crippen molar-refractivity contribution in [3.8, 4) is 0 Å². The van der Waals surface area contributed by atoms with Crippen LogP contribution in [0.15, 0.2) is 30.3 Å². The number of hydrogen-bond donors (Lipinski definition) is 0. The molecule has 0 spiro atoms. The second-order valence-corrected chi connectivity index (χ2v) is 3.63. The first-order valence-corrected chi connectivity index (χ1v) is 5.14. The van der Waals surface area contributed by atoms with Gasteiger partial charge in [-0.05, 0) is 49.5 Å². The van der Waals surface area contributed by atoms with E-state index in [1.807, 2.05) is 18.2 Å². The van der Waals surface area contributed by atoms with E-state index in [1.165, 1.54) is 11.6 Å². The zero-order valence-electron chi connectivity index (χ0n) is 8.00. The first kappa shape index (κ1) is 11.0. The molecule has 0 unspecified atom stereocenters. The van der Waals surface area contributed by atoms with Gasteiger partial charge >= 0.3 is 0 Å². The Morgan fingerprint density at radius 1 is 1.36 bits per heavy atom. The van der Waals surface area contributed by atoms with Gasteiger partial charge in [0.25, 0.3) is 0 Å². The Hall–Kier alpha value is -1.04. The maximum absolute atomic E-state index is 9.88. The molecule has 0 N–H and O–H groups in total. The minimum absolute atomic E-state index is 0.787. The van der Waals surface area contributed by atoms with Crippen molar-refractivity contribution in [2.45, 2.75) is 25.7 Å². The van der Waals surface area contributed by atoms with Gasteiger partial charge in [0.2, 0.25) is 0 Å². The predicted octanol–water partition coefficient (Wildman–Crippen LogP) is 3.44. The average Bonchev–Trinajstić information content (AvgIpc) is 2.18. The Kier molecular flexibility index (Phi) is 5.06. The number of unbranched alkanes of at least 4 members (excludes halogenated alkanes) is 2. The van der Waals surface area contributed by atoms with E-state index in [9.17, 15) is 4.79 Å². The Morgan fingerprint density at radius 3 is 2.93 bits per heavy atom. The molecular formula is C12H13ClO. The zero-order valence-corrected chi connectivity index (χ0v) is 8.76. The molecule has 1 aromatic rings. The first-order valence-electron chi connectivity index (χ1n) is 4.76. The van der Waals surface area contributed by atoms with Crippen LogP contribution < -0.4 is 0 Å². The molecule has 14 heavy (non-hydrogen) atoms. The van der Waals surface area contributed by atoms with E-state index in [4.69, 9.17) is 11.6 Å². The molecule has 0 aliphatic rings. The third-order valence-corrected chi connectivity index (χ3v) is 2.27. The van der Waals surface area contributed by atoms with E-state index in [2.05, 4.69) is 6.07 Å². The summed E-state index contributed by atoms with van der Waals surface area (Å²) in [5.41, 5.74) is 1.26. The Balaban J connectivity index is 2.27. The predicted molar refractivity (Wildman–Crippen MR) is 59.3 cm³/mol. The molecule has 0 radical (unpaired) electrons. The van der Waals surface area contributed by atoms with Crippen molar-refractivity contribution < 1.29 is 4.79 Å². The molecule has 1 aromatic carbocycles. The number of benzene rings is 1. The van der Waals surface area contributed by atoms with Crippen molar-refractivity contribution in [2.24, 2.45) is 0 Å². The first-order chi connectivity index (χ1) is 6.83. The molecule has 0 aromatic heterocycles. The topological polar surface area (TPSA) is 17.1 Å². The van der Waals surface area contributed by atoms with Crippen LogP contribution in [0.2, 0.25) is 5.02 Å². The van der Waals surface area contributed by atoms with Gasteiger partial charge in [-0.15, -0.1) is 0 Å². The van der Waals surface area contributed by atoms with Crippen LogP contribution in [0.3, 0.4) is 0 Å². The fraction of sp³-hybridized carbons (Fsp3) is 0.333. The summed E-state index contributed by atoms with van der Waals surface area (Å²) >= 11 is 5.85. The third kappa shape index (κ3) is 4.27. The van der Waals surface area contributed by atoms with Gasteiger partial charge in [-0.2, -0.15) is 0 Å². The van der Waals surface area contributed by atoms with Gasteiger partial charge in [-0.1, -0.05) is 23.7 Å². The molecule has 0 heterocycles. The highest BCUT2D eigenvalue weighted by molar-refractivity contribution is 6.30. The summed E-state index contributed by atoms with van der Waals surface area (Å²) in [7, 11) is 0. The summed E-state index contributed by atoms with van der Waals surface area (Å²) in [6.45, 7) is 0. The molecule has 0 saturated carbocycles. The Morgan fingerprint density at radius 2 is 2.21 bits per heavy atom. The van der Waals surface area contributed by atoms with Crippen molar-refractivity contribution >= 4 is 17.5 Å². The lowest BCUT2D eigenvalue weighted by Crippen LogP contribution is -1.84. The van der Waals surface area contributed by atoms with Crippen LogP contribution in [-0.4, -0.2) is 5.94 Å². The van der Waals surface area contributed by atoms with Gasteiger partial charge in [-0.3, -0.25) is 0 Å². The fourth-order valence-corrected chi connectivity index (χ4v) is 1.54. The molecule has 0 amide bonds. The van der Waals surface area contributed by atoms with Crippen LogP contribution in [0.1, 0.15) is 24.8 Å². The molecule has 1 nitrogen and oxygen atoms in total. The van der Waals surface area contributed by atoms with Crippen LogP contribution in [0.5, 0.6) is 0 Å². The fourth-order valence-electron chi connectivity index (χ4n) is 1.33. The maximum atomic E-state index is 9.88. The van der Waals surface area contributed by atoms with Crippen molar-refractivity contribution in [3.05, 3.63) is 40.9 Å². The average molecular weight is 209 g/mol. The lowest BCUT2D eigenvalue weighted by Gasteiger charge is -2.00. The van der Waals surface area contributed by atoms with E-state index in [0.29, 0.717) is 0 Å². The van der Waals surface area contributed by atoms with Gasteiger partial charge < -0.3 is 0 Å². The highest BCUT2D eigenvalue weighted by Crippen LogP contribution is 2.13. The van der Waals surface area contributed by atoms with Crippen molar-refractivity contribution in [1.82, 2.24) is 0 Å². The third-order valence-electron chi connectivity index (χ3n) is 2.04. The summed E-state index contributed by atoms with van der Waals surface area (Å²) in [6, 6.07) is 7.89. The summed E-state index contributed by atoms with van der Waals surface area (Å²) in [4.78, 5) is 9.88. The normalized spacial score (nSPS) is 9.50. The summed E-state index contributed by atoms with van der Waals surface area (Å²) in [6.07, 6.45) is 5.50. The van der Waals surface area contributed by atoms with Crippen LogP contribution in [0, 0.1) is 0 Å². The monoisotopic (exact) mass is 208 g/mol. The van der Waals surface area contributed by atoms with Gasteiger partial charge in [0.15, 0.2) is 0 Å². The second-order valence-electron chi connectivity index (χ2n) is 3.20. The van der Waals surface area contributed by atoms with E-state index >= 15 is 0 Å². The molecule has 0 fully saturated rings. The van der Waals surface area contributed by atoms with Gasteiger partial charge in [0.05, 0.1) is 0 Å². The highest BCUT2D eigenvalue weighted by Gasteiger charge is 1.93. The largest absolute Gasteiger partial charge is 0.234 e. The zero-order chi connectivity index (χ0) is 10.2. The molecule has 0 aliphatic carbocycles. The Labute approximate surface area is 89.4 Å². The number of rotatable bonds is 5. The van der Waals surface area contributed by atoms with Crippen molar-refractivity contribution in [2.75, 3.05) is 0 Å². The van der Waals surface area contributed by atoms with Crippen LogP contribution in [-0.2, 0) is 11.2 Å². The summed E-state index contributed by atoms with van der Waals surface area (Å²) in [5.74, 6) is 1.78. The van der Waals surface area contributed by atoms with Crippen LogP contribution >= 0.6 is 11.6 Å². The maximum Gasteiger partial charge on any atom is 0.120 e. The van der Waals surface area contributed by atoms with Crippen LogP contribution in [0.25, 0.3) is 0 Å². The SMILES string of the molecule is O=C=CCCCCc1cccc(Cl)c1. The Bertz CT molecular complexity index is 327. The number of hydrogen-bond acceptors (Lipinski definition) is 1. The highest BCUT2D eigenvalue weighted by atomic mass is 35.5. The molecular weight excluding hydrogens is 196 g/mol. The molecule has 1 rings (SSSR count). The smallest absolute Gasteiger partial charge is 0.120 e. The molecule has 2 heteroatoms. The van der Waals surface area contributed by atoms with E-state index in [-0.39, 0.29) is 0 Å². The van der Waals surface area contributed by atoms with E-state index in [1.54, 1.807) is 5.94 Å². The lowest BCUT2D eigenvalue weighted by atomic mass is 10.1. The van der Waals surface area contributed by atoms with Gasteiger partial charge in [-0.25, -0.2) is 4.79 Å².